The van der Waals surface area contributed by atoms with Gasteiger partial charge in [-0.05, 0) is 48.7 Å². The Kier molecular flexibility index (Phi) is 7.19. The highest BCUT2D eigenvalue weighted by Crippen LogP contribution is 2.24. The van der Waals surface area contributed by atoms with E-state index in [4.69, 9.17) is 9.47 Å². The summed E-state index contributed by atoms with van der Waals surface area (Å²) in [6.45, 7) is 2.58. The zero-order valence-electron chi connectivity index (χ0n) is 16.8. The third-order valence-electron chi connectivity index (χ3n) is 4.52. The summed E-state index contributed by atoms with van der Waals surface area (Å²) in [7, 11) is 3.27. The Morgan fingerprint density at radius 3 is 2.76 bits per heavy atom. The number of hydrogen-bond donors (Lipinski definition) is 1. The lowest BCUT2D eigenvalue weighted by Gasteiger charge is -2.12. The van der Waals surface area contributed by atoms with E-state index < -0.39 is 0 Å². The van der Waals surface area contributed by atoms with E-state index in [9.17, 15) is 4.79 Å². The number of carbonyl (C=O) groups excluding carboxylic acids is 1. The Balaban J connectivity index is 1.53. The first-order valence-corrected chi connectivity index (χ1v) is 10.3. The maximum Gasteiger partial charge on any atom is 0.230 e. The van der Waals surface area contributed by atoms with E-state index in [-0.39, 0.29) is 5.91 Å². The van der Waals surface area contributed by atoms with Crippen molar-refractivity contribution in [2.75, 3.05) is 26.5 Å². The predicted molar refractivity (Wildman–Crippen MR) is 115 cm³/mol. The number of amides is 1. The van der Waals surface area contributed by atoms with Crippen LogP contribution in [-0.4, -0.2) is 42.0 Å². The number of carbonyl (C=O) groups is 1. The van der Waals surface area contributed by atoms with Crippen LogP contribution >= 0.6 is 11.8 Å². The van der Waals surface area contributed by atoms with Crippen LogP contribution in [0.5, 0.6) is 11.5 Å². The van der Waals surface area contributed by atoms with Gasteiger partial charge in [0.05, 0.1) is 25.7 Å². The first-order chi connectivity index (χ1) is 14.1. The van der Waals surface area contributed by atoms with E-state index >= 15 is 0 Å². The van der Waals surface area contributed by atoms with Crippen molar-refractivity contribution < 1.29 is 14.3 Å². The highest BCUT2D eigenvalue weighted by atomic mass is 32.2. The van der Waals surface area contributed by atoms with Crippen molar-refractivity contribution >= 4 is 17.7 Å². The third-order valence-corrected chi connectivity index (χ3v) is 5.49. The minimum Gasteiger partial charge on any atom is -0.497 e. The molecule has 0 fully saturated rings. The number of para-hydroxylation sites is 1. The second-order valence-electron chi connectivity index (χ2n) is 6.43. The van der Waals surface area contributed by atoms with Crippen molar-refractivity contribution in [1.82, 2.24) is 14.9 Å². The standard InChI is InChI=1S/C22H25N3O3S/c1-16-6-4-5-7-19(16)25-13-12-24-22(25)29-15-21(26)23-11-10-17-14-18(27-2)8-9-20(17)28-3/h4-9,12-14H,10-11,15H2,1-3H3,(H,23,26). The topological polar surface area (TPSA) is 65.4 Å². The summed E-state index contributed by atoms with van der Waals surface area (Å²) in [5.74, 6) is 1.83. The molecule has 0 spiro atoms. The molecule has 0 bridgehead atoms. The molecule has 152 valence electrons. The highest BCUT2D eigenvalue weighted by molar-refractivity contribution is 7.99. The van der Waals surface area contributed by atoms with Crippen LogP contribution in [0.4, 0.5) is 0 Å². The van der Waals surface area contributed by atoms with Crippen molar-refractivity contribution in [3.8, 4) is 17.2 Å². The fourth-order valence-corrected chi connectivity index (χ4v) is 3.80. The predicted octanol–water partition coefficient (Wildman–Crippen LogP) is 3.65. The second kappa shape index (κ2) is 10.0. The number of rotatable bonds is 9. The normalized spacial score (nSPS) is 10.6. The summed E-state index contributed by atoms with van der Waals surface area (Å²) in [4.78, 5) is 16.7. The molecular weight excluding hydrogens is 386 g/mol. The first-order valence-electron chi connectivity index (χ1n) is 9.32. The molecule has 1 amide bonds. The highest BCUT2D eigenvalue weighted by Gasteiger charge is 2.11. The molecule has 0 aliphatic rings. The lowest BCUT2D eigenvalue weighted by Crippen LogP contribution is -2.27. The van der Waals surface area contributed by atoms with Crippen LogP contribution in [-0.2, 0) is 11.2 Å². The van der Waals surface area contributed by atoms with Gasteiger partial charge in [0, 0.05) is 18.9 Å². The van der Waals surface area contributed by atoms with E-state index in [1.54, 1.807) is 20.4 Å². The smallest absolute Gasteiger partial charge is 0.230 e. The summed E-state index contributed by atoms with van der Waals surface area (Å²) in [6.07, 6.45) is 4.33. The van der Waals surface area contributed by atoms with Crippen LogP contribution in [0.1, 0.15) is 11.1 Å². The molecule has 0 unspecified atom stereocenters. The summed E-state index contributed by atoms with van der Waals surface area (Å²) in [5, 5.41) is 3.76. The van der Waals surface area contributed by atoms with Crippen LogP contribution in [0.25, 0.3) is 5.69 Å². The molecule has 0 atom stereocenters. The summed E-state index contributed by atoms with van der Waals surface area (Å²) < 4.78 is 12.7. The van der Waals surface area contributed by atoms with Crippen molar-refractivity contribution in [1.29, 1.82) is 0 Å². The van der Waals surface area contributed by atoms with Gasteiger partial charge < -0.3 is 14.8 Å². The molecule has 0 radical (unpaired) electrons. The van der Waals surface area contributed by atoms with Crippen LogP contribution in [0.3, 0.4) is 0 Å². The van der Waals surface area contributed by atoms with Gasteiger partial charge in [-0.2, -0.15) is 0 Å². The Morgan fingerprint density at radius 2 is 2.00 bits per heavy atom. The van der Waals surface area contributed by atoms with Crippen LogP contribution < -0.4 is 14.8 Å². The van der Waals surface area contributed by atoms with Gasteiger partial charge >= 0.3 is 0 Å². The van der Waals surface area contributed by atoms with Crippen molar-refractivity contribution in [2.24, 2.45) is 0 Å². The second-order valence-corrected chi connectivity index (χ2v) is 7.38. The van der Waals surface area contributed by atoms with Gasteiger partial charge in [-0.15, -0.1) is 0 Å². The molecule has 0 saturated heterocycles. The molecule has 0 aliphatic carbocycles. The largest absolute Gasteiger partial charge is 0.497 e. The third kappa shape index (κ3) is 5.32. The van der Waals surface area contributed by atoms with Gasteiger partial charge in [0.2, 0.25) is 5.91 Å². The monoisotopic (exact) mass is 411 g/mol. The van der Waals surface area contributed by atoms with E-state index in [2.05, 4.69) is 23.3 Å². The minimum absolute atomic E-state index is 0.0313. The lowest BCUT2D eigenvalue weighted by molar-refractivity contribution is -0.118. The fourth-order valence-electron chi connectivity index (χ4n) is 3.01. The zero-order chi connectivity index (χ0) is 20.6. The number of nitrogens with zero attached hydrogens (tertiary/aromatic N) is 2. The average Bonchev–Trinajstić information content (AvgIpc) is 3.21. The van der Waals surface area contributed by atoms with Gasteiger partial charge in [0.15, 0.2) is 5.16 Å². The fraction of sp³-hybridized carbons (Fsp3) is 0.273. The first kappa shape index (κ1) is 20.8. The number of benzene rings is 2. The van der Waals surface area contributed by atoms with Gasteiger partial charge in [0.25, 0.3) is 0 Å². The average molecular weight is 412 g/mol. The molecule has 6 nitrogen and oxygen atoms in total. The number of hydrogen-bond acceptors (Lipinski definition) is 5. The van der Waals surface area contributed by atoms with Gasteiger partial charge in [-0.1, -0.05) is 30.0 Å². The lowest BCUT2D eigenvalue weighted by atomic mass is 10.1. The molecular formula is C22H25N3O3S. The SMILES string of the molecule is COc1ccc(OC)c(CCNC(=O)CSc2nccn2-c2ccccc2C)c1. The number of aryl methyl sites for hydroxylation is 1. The van der Waals surface area contributed by atoms with Crippen molar-refractivity contribution in [3.05, 3.63) is 66.0 Å². The molecule has 2 aromatic carbocycles. The molecule has 1 aromatic heterocycles. The van der Waals surface area contributed by atoms with Crippen molar-refractivity contribution in [3.63, 3.8) is 0 Å². The maximum absolute atomic E-state index is 12.3. The zero-order valence-corrected chi connectivity index (χ0v) is 17.7. The van der Waals surface area contributed by atoms with E-state index in [0.29, 0.717) is 18.7 Å². The quantitative estimate of drug-likeness (QED) is 0.545. The van der Waals surface area contributed by atoms with Gasteiger partial charge in [-0.25, -0.2) is 4.98 Å². The molecule has 0 aliphatic heterocycles. The van der Waals surface area contributed by atoms with Crippen molar-refractivity contribution in [2.45, 2.75) is 18.5 Å². The summed E-state index contributed by atoms with van der Waals surface area (Å²) >= 11 is 1.42. The molecule has 1 N–H and O–H groups in total. The Bertz CT molecular complexity index is 971. The number of ether oxygens (including phenoxy) is 2. The Labute approximate surface area is 175 Å². The maximum atomic E-state index is 12.3. The number of methoxy groups -OCH3 is 2. The van der Waals surface area contributed by atoms with E-state index in [1.807, 2.05) is 47.2 Å². The van der Waals surface area contributed by atoms with Gasteiger partial charge in [0.1, 0.15) is 11.5 Å². The van der Waals surface area contributed by atoms with Crippen LogP contribution in [0, 0.1) is 6.92 Å². The number of thioether (sulfide) groups is 1. The van der Waals surface area contributed by atoms with Crippen LogP contribution in [0.2, 0.25) is 0 Å². The number of aromatic nitrogens is 2. The molecule has 3 aromatic rings. The Hall–Kier alpha value is -2.93. The molecule has 3 rings (SSSR count). The summed E-state index contributed by atoms with van der Waals surface area (Å²) in [6, 6.07) is 13.8. The van der Waals surface area contributed by atoms with Crippen LogP contribution in [0.15, 0.2) is 60.0 Å². The van der Waals surface area contributed by atoms with E-state index in [1.165, 1.54) is 11.8 Å². The van der Waals surface area contributed by atoms with Gasteiger partial charge in [-0.3, -0.25) is 9.36 Å². The minimum atomic E-state index is -0.0313. The Morgan fingerprint density at radius 1 is 1.17 bits per heavy atom. The van der Waals surface area contributed by atoms with E-state index in [0.717, 1.165) is 33.5 Å². The molecule has 29 heavy (non-hydrogen) atoms. The summed E-state index contributed by atoms with van der Waals surface area (Å²) in [5.41, 5.74) is 3.22. The molecule has 1 heterocycles. The number of imidazole rings is 1. The molecule has 0 saturated carbocycles. The number of nitrogens with one attached hydrogen (secondary N) is 1. The molecule has 7 heteroatoms.